The molecule has 0 spiro atoms. The van der Waals surface area contributed by atoms with E-state index in [1.54, 1.807) is 29.2 Å². The molecule has 4 aromatic rings. The van der Waals surface area contributed by atoms with E-state index in [0.29, 0.717) is 22.6 Å². The first-order valence-electron chi connectivity index (χ1n) is 12.9. The van der Waals surface area contributed by atoms with E-state index < -0.39 is 28.5 Å². The molecule has 2 heterocycles. The van der Waals surface area contributed by atoms with Gasteiger partial charge in [0.2, 0.25) is 21.8 Å². The number of hydrogen-bond acceptors (Lipinski definition) is 7. The maximum atomic E-state index is 14.1. The van der Waals surface area contributed by atoms with E-state index >= 15 is 0 Å². The molecule has 0 saturated carbocycles. The minimum Gasteiger partial charge on any atom is -0.497 e. The van der Waals surface area contributed by atoms with Gasteiger partial charge in [0.05, 0.1) is 18.6 Å². The van der Waals surface area contributed by atoms with Gasteiger partial charge in [-0.1, -0.05) is 42.5 Å². The second-order valence-corrected chi connectivity index (χ2v) is 12.5. The summed E-state index contributed by atoms with van der Waals surface area (Å²) in [7, 11) is -2.73. The van der Waals surface area contributed by atoms with Gasteiger partial charge in [-0.3, -0.25) is 9.59 Å². The number of thiophene rings is 1. The van der Waals surface area contributed by atoms with Crippen molar-refractivity contribution in [3.8, 4) is 11.8 Å². The van der Waals surface area contributed by atoms with Gasteiger partial charge in [0.25, 0.3) is 0 Å². The van der Waals surface area contributed by atoms with Crippen LogP contribution >= 0.6 is 11.3 Å². The number of sulfonamides is 1. The van der Waals surface area contributed by atoms with Crippen LogP contribution in [0.5, 0.6) is 5.75 Å². The Labute approximate surface area is 242 Å². The molecule has 0 unspecified atom stereocenters. The smallest absolute Gasteiger partial charge is 0.244 e. The molecular formula is C30H28N4O5S2. The van der Waals surface area contributed by atoms with Crippen LogP contribution in [0.3, 0.4) is 0 Å². The summed E-state index contributed by atoms with van der Waals surface area (Å²) in [5.41, 5.74) is 1.67. The molecule has 1 aromatic heterocycles. The zero-order valence-corrected chi connectivity index (χ0v) is 24.0. The summed E-state index contributed by atoms with van der Waals surface area (Å²) in [6.45, 7) is 0.311. The standard InChI is InChI=1S/C30H28N4O5S2/c1-39-25-9-7-23-8-10-27(15-24(23)14-25)41(37,38)34(19-29(35)32-17-21-5-3-2-4-6-21)28-11-12-33(30(28)36)18-22-13-26(16-31)40-20-22/h2-10,13-15,20,28H,11-12,17-19H2,1H3,(H,32,35)/t28-/m0/s1. The van der Waals surface area contributed by atoms with Gasteiger partial charge in [-0.25, -0.2) is 8.42 Å². The molecule has 1 saturated heterocycles. The van der Waals surface area contributed by atoms with Gasteiger partial charge >= 0.3 is 0 Å². The lowest BCUT2D eigenvalue weighted by Crippen LogP contribution is -2.49. The molecule has 1 fully saturated rings. The highest BCUT2D eigenvalue weighted by Gasteiger charge is 2.43. The molecular weight excluding hydrogens is 560 g/mol. The summed E-state index contributed by atoms with van der Waals surface area (Å²) >= 11 is 1.29. The van der Waals surface area contributed by atoms with Crippen molar-refractivity contribution in [2.45, 2.75) is 30.4 Å². The molecule has 41 heavy (non-hydrogen) atoms. The Morgan fingerprint density at radius 1 is 1.10 bits per heavy atom. The molecule has 1 atom stereocenters. The molecule has 210 valence electrons. The number of carbonyl (C=O) groups is 2. The molecule has 1 aliphatic heterocycles. The number of benzene rings is 3. The van der Waals surface area contributed by atoms with Crippen LogP contribution in [0.25, 0.3) is 10.8 Å². The van der Waals surface area contributed by atoms with Crippen molar-refractivity contribution in [3.05, 3.63) is 94.2 Å². The van der Waals surface area contributed by atoms with Gasteiger partial charge in [0, 0.05) is 19.6 Å². The van der Waals surface area contributed by atoms with Crippen molar-refractivity contribution in [1.29, 1.82) is 5.26 Å². The maximum Gasteiger partial charge on any atom is 0.244 e. The number of hydrogen-bond donors (Lipinski definition) is 1. The summed E-state index contributed by atoms with van der Waals surface area (Å²) in [4.78, 5) is 28.8. The Kier molecular flexibility index (Phi) is 8.35. The molecule has 11 heteroatoms. The number of nitriles is 1. The zero-order valence-electron chi connectivity index (χ0n) is 22.3. The van der Waals surface area contributed by atoms with Gasteiger partial charge in [0.1, 0.15) is 22.7 Å². The number of nitrogens with one attached hydrogen (secondary N) is 1. The lowest BCUT2D eigenvalue weighted by molar-refractivity contribution is -0.131. The van der Waals surface area contributed by atoms with Crippen LogP contribution in [0.4, 0.5) is 0 Å². The highest BCUT2D eigenvalue weighted by molar-refractivity contribution is 7.89. The topological polar surface area (TPSA) is 120 Å². The second kappa shape index (κ2) is 12.1. The van der Waals surface area contributed by atoms with Gasteiger partial charge in [-0.05, 0) is 64.0 Å². The lowest BCUT2D eigenvalue weighted by atomic mass is 10.1. The third-order valence-electron chi connectivity index (χ3n) is 7.01. The van der Waals surface area contributed by atoms with Crippen molar-refractivity contribution in [1.82, 2.24) is 14.5 Å². The number of likely N-dealkylation sites (tertiary alicyclic amines) is 1. The fourth-order valence-corrected chi connectivity index (χ4v) is 7.16. The summed E-state index contributed by atoms with van der Waals surface area (Å²) < 4.78 is 34.5. The van der Waals surface area contributed by atoms with Gasteiger partial charge < -0.3 is 15.0 Å². The Morgan fingerprint density at radius 3 is 2.61 bits per heavy atom. The molecule has 0 radical (unpaired) electrons. The molecule has 9 nitrogen and oxygen atoms in total. The van der Waals surface area contributed by atoms with Crippen LogP contribution in [-0.2, 0) is 32.7 Å². The predicted octanol–water partition coefficient (Wildman–Crippen LogP) is 3.89. The number of methoxy groups -OCH3 is 1. The van der Waals surface area contributed by atoms with Gasteiger partial charge in [-0.15, -0.1) is 11.3 Å². The van der Waals surface area contributed by atoms with Crippen molar-refractivity contribution >= 4 is 43.9 Å². The minimum absolute atomic E-state index is 0.0168. The van der Waals surface area contributed by atoms with Crippen LogP contribution < -0.4 is 10.1 Å². The van der Waals surface area contributed by atoms with Crippen molar-refractivity contribution in [2.75, 3.05) is 20.2 Å². The van der Waals surface area contributed by atoms with Crippen LogP contribution in [0, 0.1) is 11.3 Å². The van der Waals surface area contributed by atoms with Crippen molar-refractivity contribution in [3.63, 3.8) is 0 Å². The van der Waals surface area contributed by atoms with E-state index in [1.807, 2.05) is 41.8 Å². The maximum absolute atomic E-state index is 14.1. The summed E-state index contributed by atoms with van der Waals surface area (Å²) in [6, 6.07) is 22.1. The predicted molar refractivity (Wildman–Crippen MR) is 156 cm³/mol. The fourth-order valence-electron chi connectivity index (χ4n) is 4.87. The number of fused-ring (bicyclic) bond motifs is 1. The largest absolute Gasteiger partial charge is 0.497 e. The number of ether oxygens (including phenoxy) is 1. The molecule has 3 aromatic carbocycles. The second-order valence-electron chi connectivity index (χ2n) is 9.68. The van der Waals surface area contributed by atoms with E-state index in [9.17, 15) is 18.0 Å². The first-order valence-corrected chi connectivity index (χ1v) is 15.3. The number of rotatable bonds is 10. The van der Waals surface area contributed by atoms with E-state index in [1.165, 1.54) is 30.6 Å². The number of nitrogens with zero attached hydrogens (tertiary/aromatic N) is 3. The van der Waals surface area contributed by atoms with E-state index in [4.69, 9.17) is 10.00 Å². The Balaban J connectivity index is 1.43. The Morgan fingerprint density at radius 2 is 1.88 bits per heavy atom. The van der Waals surface area contributed by atoms with Crippen LogP contribution in [0.15, 0.2) is 83.1 Å². The zero-order chi connectivity index (χ0) is 29.0. The molecule has 5 rings (SSSR count). The number of carbonyl (C=O) groups excluding carboxylic acids is 2. The summed E-state index contributed by atoms with van der Waals surface area (Å²) in [6.07, 6.45) is 0.237. The summed E-state index contributed by atoms with van der Waals surface area (Å²) in [5, 5.41) is 15.2. The van der Waals surface area contributed by atoms with Crippen LogP contribution in [0.1, 0.15) is 22.4 Å². The highest BCUT2D eigenvalue weighted by atomic mass is 32.2. The third-order valence-corrected chi connectivity index (χ3v) is 9.75. The highest BCUT2D eigenvalue weighted by Crippen LogP contribution is 2.29. The van der Waals surface area contributed by atoms with Crippen molar-refractivity contribution < 1.29 is 22.7 Å². The molecule has 1 aliphatic rings. The molecule has 0 aliphatic carbocycles. The Hall–Kier alpha value is -4.24. The fraction of sp³-hybridized carbons (Fsp3) is 0.233. The normalized spacial score (nSPS) is 15.3. The van der Waals surface area contributed by atoms with Crippen LogP contribution in [0.2, 0.25) is 0 Å². The first kappa shape index (κ1) is 28.3. The molecule has 2 amide bonds. The monoisotopic (exact) mass is 588 g/mol. The average Bonchev–Trinajstić information content (AvgIpc) is 3.60. The summed E-state index contributed by atoms with van der Waals surface area (Å²) in [5.74, 6) is -0.307. The SMILES string of the molecule is COc1ccc2ccc(S(=O)(=O)N(CC(=O)NCc3ccccc3)[C@H]3CCN(Cc4csc(C#N)c4)C3=O)cc2c1. The molecule has 1 N–H and O–H groups in total. The lowest BCUT2D eigenvalue weighted by Gasteiger charge is -2.27. The average molecular weight is 589 g/mol. The van der Waals surface area contributed by atoms with Gasteiger partial charge in [-0.2, -0.15) is 9.57 Å². The van der Waals surface area contributed by atoms with E-state index in [0.717, 1.165) is 20.8 Å². The first-order chi connectivity index (χ1) is 19.8. The third kappa shape index (κ3) is 6.25. The molecule has 0 bridgehead atoms. The minimum atomic E-state index is -4.26. The van der Waals surface area contributed by atoms with Crippen LogP contribution in [-0.4, -0.2) is 55.7 Å². The Bertz CT molecular complexity index is 1730. The van der Waals surface area contributed by atoms with E-state index in [-0.39, 0.29) is 30.3 Å². The van der Waals surface area contributed by atoms with Gasteiger partial charge in [0.15, 0.2) is 0 Å². The number of amides is 2. The van der Waals surface area contributed by atoms with E-state index in [2.05, 4.69) is 11.4 Å². The van der Waals surface area contributed by atoms with Crippen molar-refractivity contribution in [2.24, 2.45) is 0 Å². The quantitative estimate of drug-likeness (QED) is 0.300.